The van der Waals surface area contributed by atoms with Crippen LogP contribution < -0.4 is 5.32 Å². The first-order chi connectivity index (χ1) is 7.59. The van der Waals surface area contributed by atoms with Crippen LogP contribution in [0.2, 0.25) is 0 Å². The van der Waals surface area contributed by atoms with Crippen molar-refractivity contribution in [3.8, 4) is 11.8 Å². The monoisotopic (exact) mass is 220 g/mol. The Bertz CT molecular complexity index is 446. The van der Waals surface area contributed by atoms with Crippen LogP contribution in [0.25, 0.3) is 0 Å². The molecule has 1 heterocycles. The Kier molecular flexibility index (Phi) is 4.46. The van der Waals surface area contributed by atoms with Crippen molar-refractivity contribution in [2.75, 3.05) is 6.54 Å². The third-order valence-electron chi connectivity index (χ3n) is 1.87. The van der Waals surface area contributed by atoms with Gasteiger partial charge < -0.3 is 5.32 Å². The summed E-state index contributed by atoms with van der Waals surface area (Å²) in [4.78, 5) is 14.1. The van der Waals surface area contributed by atoms with Gasteiger partial charge in [-0.25, -0.2) is 4.98 Å². The van der Waals surface area contributed by atoms with E-state index in [-0.39, 0.29) is 5.91 Å². The van der Waals surface area contributed by atoms with E-state index in [0.29, 0.717) is 24.1 Å². The van der Waals surface area contributed by atoms with Crippen LogP contribution in [0.1, 0.15) is 24.5 Å². The molecule has 1 N–H and O–H groups in total. The topological polar surface area (TPSA) is 42.0 Å². The average Bonchev–Trinajstić information content (AvgIpc) is 2.22. The molecule has 4 heteroatoms. The standard InChI is InChI=1S/C12H13FN2O/c1-9-7-11(8-15-12(9)13)5-3-4-6-14-10(2)16/h7-8H,4,6H2,1-2H3,(H,14,16). The number of pyridine rings is 1. The SMILES string of the molecule is CC(=O)NCCC#Cc1cnc(F)c(C)c1. The summed E-state index contributed by atoms with van der Waals surface area (Å²) >= 11 is 0. The molecule has 0 fully saturated rings. The normalized spacial score (nSPS) is 9.19. The molecule has 0 bridgehead atoms. The van der Waals surface area contributed by atoms with Gasteiger partial charge in [-0.3, -0.25) is 4.79 Å². The molecule has 3 nitrogen and oxygen atoms in total. The lowest BCUT2D eigenvalue weighted by molar-refractivity contribution is -0.118. The first-order valence-electron chi connectivity index (χ1n) is 4.95. The number of halogens is 1. The molecule has 1 amide bonds. The van der Waals surface area contributed by atoms with Crippen LogP contribution in [0.4, 0.5) is 4.39 Å². The Balaban J connectivity index is 2.50. The lowest BCUT2D eigenvalue weighted by atomic mass is 10.2. The average molecular weight is 220 g/mol. The zero-order valence-electron chi connectivity index (χ0n) is 9.30. The molecule has 0 atom stereocenters. The number of nitrogens with zero attached hydrogens (tertiary/aromatic N) is 1. The van der Waals surface area contributed by atoms with Gasteiger partial charge in [-0.1, -0.05) is 11.8 Å². The first-order valence-corrected chi connectivity index (χ1v) is 4.95. The van der Waals surface area contributed by atoms with E-state index in [2.05, 4.69) is 22.1 Å². The minimum atomic E-state index is -0.469. The summed E-state index contributed by atoms with van der Waals surface area (Å²) in [5.41, 5.74) is 1.16. The van der Waals surface area contributed by atoms with Crippen molar-refractivity contribution in [1.82, 2.24) is 10.3 Å². The van der Waals surface area contributed by atoms with Crippen LogP contribution in [0.15, 0.2) is 12.3 Å². The number of carbonyl (C=O) groups is 1. The molecule has 0 aliphatic heterocycles. The number of amides is 1. The summed E-state index contributed by atoms with van der Waals surface area (Å²) < 4.78 is 12.8. The number of aryl methyl sites for hydroxylation is 1. The number of aromatic nitrogens is 1. The van der Waals surface area contributed by atoms with Gasteiger partial charge in [0.2, 0.25) is 11.9 Å². The number of nitrogens with one attached hydrogen (secondary N) is 1. The summed E-state index contributed by atoms with van der Waals surface area (Å²) in [5.74, 6) is 5.20. The molecule has 0 aliphatic carbocycles. The van der Waals surface area contributed by atoms with Gasteiger partial charge in [0.15, 0.2) is 0 Å². The molecule has 1 rings (SSSR count). The van der Waals surface area contributed by atoms with Crippen LogP contribution >= 0.6 is 0 Å². The van der Waals surface area contributed by atoms with Gasteiger partial charge in [0.05, 0.1) is 0 Å². The minimum Gasteiger partial charge on any atom is -0.355 e. The van der Waals surface area contributed by atoms with Gasteiger partial charge >= 0.3 is 0 Å². The van der Waals surface area contributed by atoms with Crippen molar-refractivity contribution in [3.05, 3.63) is 29.3 Å². The van der Waals surface area contributed by atoms with Crippen LogP contribution in [0, 0.1) is 24.7 Å². The molecule has 84 valence electrons. The highest BCUT2D eigenvalue weighted by molar-refractivity contribution is 5.72. The van der Waals surface area contributed by atoms with Crippen LogP contribution in [-0.4, -0.2) is 17.4 Å². The Morgan fingerprint density at radius 2 is 2.38 bits per heavy atom. The smallest absolute Gasteiger partial charge is 0.216 e. The Labute approximate surface area is 94.1 Å². The second-order valence-electron chi connectivity index (χ2n) is 3.37. The van der Waals surface area contributed by atoms with E-state index in [1.54, 1.807) is 13.0 Å². The van der Waals surface area contributed by atoms with Crippen molar-refractivity contribution in [3.63, 3.8) is 0 Å². The molecular weight excluding hydrogens is 207 g/mol. The predicted molar refractivity (Wildman–Crippen MR) is 59.1 cm³/mol. The summed E-state index contributed by atoms with van der Waals surface area (Å²) in [7, 11) is 0. The molecule has 0 saturated heterocycles. The van der Waals surface area contributed by atoms with Gasteiger partial charge in [0.25, 0.3) is 0 Å². The predicted octanol–water partition coefficient (Wildman–Crippen LogP) is 1.41. The van der Waals surface area contributed by atoms with E-state index in [1.165, 1.54) is 13.1 Å². The molecule has 0 unspecified atom stereocenters. The molecular formula is C12H13FN2O. The second-order valence-corrected chi connectivity index (χ2v) is 3.37. The van der Waals surface area contributed by atoms with Crippen molar-refractivity contribution in [1.29, 1.82) is 0 Å². The van der Waals surface area contributed by atoms with Gasteiger partial charge in [-0.15, -0.1) is 0 Å². The van der Waals surface area contributed by atoms with E-state index in [0.717, 1.165) is 0 Å². The first kappa shape index (κ1) is 12.2. The maximum Gasteiger partial charge on any atom is 0.216 e. The Hall–Kier alpha value is -1.89. The molecule has 0 aliphatic rings. The largest absolute Gasteiger partial charge is 0.355 e. The molecule has 0 radical (unpaired) electrons. The molecule has 0 aromatic carbocycles. The fourth-order valence-corrected chi connectivity index (χ4v) is 1.09. The van der Waals surface area contributed by atoms with E-state index in [1.807, 2.05) is 0 Å². The van der Waals surface area contributed by atoms with Crippen LogP contribution in [-0.2, 0) is 4.79 Å². The van der Waals surface area contributed by atoms with Crippen LogP contribution in [0.5, 0.6) is 0 Å². The molecule has 1 aromatic heterocycles. The van der Waals surface area contributed by atoms with Gasteiger partial charge in [-0.2, -0.15) is 4.39 Å². The molecule has 16 heavy (non-hydrogen) atoms. The van der Waals surface area contributed by atoms with Gasteiger partial charge in [0, 0.05) is 37.2 Å². The minimum absolute atomic E-state index is 0.0684. The summed E-state index contributed by atoms with van der Waals surface area (Å²) in [6.45, 7) is 3.63. The maximum absolute atomic E-state index is 12.8. The Morgan fingerprint density at radius 1 is 1.62 bits per heavy atom. The van der Waals surface area contributed by atoms with Crippen LogP contribution in [0.3, 0.4) is 0 Å². The van der Waals surface area contributed by atoms with Crippen molar-refractivity contribution in [2.24, 2.45) is 0 Å². The molecule has 1 aromatic rings. The van der Waals surface area contributed by atoms with E-state index >= 15 is 0 Å². The number of hydrogen-bond donors (Lipinski definition) is 1. The van der Waals surface area contributed by atoms with Crippen molar-refractivity contribution >= 4 is 5.91 Å². The van der Waals surface area contributed by atoms with Crippen molar-refractivity contribution in [2.45, 2.75) is 20.3 Å². The van der Waals surface area contributed by atoms with E-state index in [9.17, 15) is 9.18 Å². The Morgan fingerprint density at radius 3 is 3.00 bits per heavy atom. The molecule has 0 spiro atoms. The maximum atomic E-state index is 12.8. The summed E-state index contributed by atoms with van der Waals surface area (Å²) in [5, 5.41) is 2.64. The highest BCUT2D eigenvalue weighted by Gasteiger charge is 1.97. The number of rotatable bonds is 2. The zero-order valence-corrected chi connectivity index (χ0v) is 9.30. The van der Waals surface area contributed by atoms with E-state index < -0.39 is 5.95 Å². The zero-order chi connectivity index (χ0) is 12.0. The third-order valence-corrected chi connectivity index (χ3v) is 1.87. The van der Waals surface area contributed by atoms with E-state index in [4.69, 9.17) is 0 Å². The second kappa shape index (κ2) is 5.86. The summed E-state index contributed by atoms with van der Waals surface area (Å²) in [6.07, 6.45) is 1.96. The molecule has 0 saturated carbocycles. The fraction of sp³-hybridized carbons (Fsp3) is 0.333. The summed E-state index contributed by atoms with van der Waals surface area (Å²) in [6, 6.07) is 1.65. The highest BCUT2D eigenvalue weighted by atomic mass is 19.1. The number of carbonyl (C=O) groups excluding carboxylic acids is 1. The lowest BCUT2D eigenvalue weighted by Crippen LogP contribution is -2.20. The quantitative estimate of drug-likeness (QED) is 0.465. The van der Waals surface area contributed by atoms with Gasteiger partial charge in [0.1, 0.15) is 0 Å². The van der Waals surface area contributed by atoms with Crippen molar-refractivity contribution < 1.29 is 9.18 Å². The fourth-order valence-electron chi connectivity index (χ4n) is 1.09. The third kappa shape index (κ3) is 4.09. The lowest BCUT2D eigenvalue weighted by Gasteiger charge is -1.96. The number of hydrogen-bond acceptors (Lipinski definition) is 2. The van der Waals surface area contributed by atoms with Gasteiger partial charge in [-0.05, 0) is 13.0 Å². The highest BCUT2D eigenvalue weighted by Crippen LogP contribution is 2.04.